The molecule has 1 atom stereocenters. The van der Waals surface area contributed by atoms with E-state index in [1.54, 1.807) is 17.4 Å². The van der Waals surface area contributed by atoms with Crippen molar-refractivity contribution < 1.29 is 5.11 Å². The zero-order valence-corrected chi connectivity index (χ0v) is 8.99. The minimum Gasteiger partial charge on any atom is -0.383 e. The van der Waals surface area contributed by atoms with E-state index in [2.05, 4.69) is 0 Å². The lowest BCUT2D eigenvalue weighted by atomic mass is 10.2. The van der Waals surface area contributed by atoms with E-state index >= 15 is 0 Å². The number of aliphatic hydroxyl groups is 1. The van der Waals surface area contributed by atoms with E-state index in [9.17, 15) is 5.11 Å². The molecule has 1 unspecified atom stereocenters. The number of hydrogen-bond donors (Lipinski definition) is 1. The zero-order valence-electron chi connectivity index (χ0n) is 6.61. The lowest BCUT2D eigenvalue weighted by Crippen LogP contribution is -1.94. The molecule has 0 aliphatic heterocycles. The van der Waals surface area contributed by atoms with Crippen LogP contribution in [0.15, 0.2) is 28.3 Å². The van der Waals surface area contributed by atoms with Crippen molar-refractivity contribution in [3.8, 4) is 0 Å². The van der Waals surface area contributed by atoms with Crippen molar-refractivity contribution >= 4 is 34.3 Å². The number of rotatable bonds is 2. The molecule has 0 spiro atoms. The second-order valence-corrected chi connectivity index (χ2v) is 4.73. The van der Waals surface area contributed by atoms with Gasteiger partial charge in [0.1, 0.15) is 6.10 Å². The van der Waals surface area contributed by atoms with Gasteiger partial charge in [-0.25, -0.2) is 0 Å². The number of aliphatic hydroxyl groups excluding tert-OH is 1. The highest BCUT2D eigenvalue weighted by molar-refractivity contribution is 7.10. The summed E-state index contributed by atoms with van der Waals surface area (Å²) in [5, 5.41) is 16.3. The van der Waals surface area contributed by atoms with Crippen LogP contribution in [0, 0.1) is 0 Å². The summed E-state index contributed by atoms with van der Waals surface area (Å²) in [7, 11) is 0. The van der Waals surface area contributed by atoms with Gasteiger partial charge < -0.3 is 5.11 Å². The van der Waals surface area contributed by atoms with Gasteiger partial charge in [0.05, 0.1) is 9.90 Å². The Labute approximate surface area is 89.2 Å². The molecule has 0 radical (unpaired) electrons. The third-order valence-corrected chi connectivity index (χ3v) is 3.86. The van der Waals surface area contributed by atoms with Gasteiger partial charge in [-0.3, -0.25) is 0 Å². The van der Waals surface area contributed by atoms with E-state index in [1.807, 2.05) is 22.2 Å². The van der Waals surface area contributed by atoms with Crippen LogP contribution in [0.1, 0.15) is 16.5 Å². The van der Waals surface area contributed by atoms with Crippen LogP contribution in [0.2, 0.25) is 5.02 Å². The number of halogens is 1. The average molecular weight is 231 g/mol. The van der Waals surface area contributed by atoms with Crippen LogP contribution in [0.25, 0.3) is 0 Å². The smallest absolute Gasteiger partial charge is 0.115 e. The Morgan fingerprint density at radius 3 is 2.69 bits per heavy atom. The van der Waals surface area contributed by atoms with Gasteiger partial charge >= 0.3 is 0 Å². The molecular weight excluding hydrogens is 224 g/mol. The summed E-state index contributed by atoms with van der Waals surface area (Å²) in [6.07, 6.45) is -0.571. The molecule has 0 aliphatic rings. The first-order chi connectivity index (χ1) is 6.29. The molecule has 2 heterocycles. The fourth-order valence-electron chi connectivity index (χ4n) is 1.08. The van der Waals surface area contributed by atoms with Crippen molar-refractivity contribution in [2.24, 2.45) is 0 Å². The van der Waals surface area contributed by atoms with Gasteiger partial charge in [0.15, 0.2) is 0 Å². The van der Waals surface area contributed by atoms with E-state index in [4.69, 9.17) is 11.6 Å². The summed E-state index contributed by atoms with van der Waals surface area (Å²) >= 11 is 8.96. The van der Waals surface area contributed by atoms with Crippen LogP contribution in [0.5, 0.6) is 0 Å². The van der Waals surface area contributed by atoms with E-state index in [0.717, 1.165) is 10.4 Å². The lowest BCUT2D eigenvalue weighted by molar-refractivity contribution is 0.225. The highest BCUT2D eigenvalue weighted by Gasteiger charge is 2.15. The van der Waals surface area contributed by atoms with Gasteiger partial charge in [-0.2, -0.15) is 11.3 Å². The van der Waals surface area contributed by atoms with Crippen LogP contribution in [0.3, 0.4) is 0 Å². The van der Waals surface area contributed by atoms with Crippen molar-refractivity contribution in [1.82, 2.24) is 0 Å². The maximum atomic E-state index is 9.88. The fourth-order valence-corrected chi connectivity index (χ4v) is 2.93. The van der Waals surface area contributed by atoms with Gasteiger partial charge in [-0.05, 0) is 33.8 Å². The van der Waals surface area contributed by atoms with Crippen LogP contribution in [0.4, 0.5) is 0 Å². The van der Waals surface area contributed by atoms with E-state index in [1.165, 1.54) is 11.3 Å². The maximum absolute atomic E-state index is 9.88. The second-order valence-electron chi connectivity index (χ2n) is 2.59. The molecule has 0 saturated heterocycles. The Bertz CT molecular complexity index is 380. The van der Waals surface area contributed by atoms with Crippen LogP contribution < -0.4 is 0 Å². The minimum absolute atomic E-state index is 0.571. The monoisotopic (exact) mass is 230 g/mol. The summed E-state index contributed by atoms with van der Waals surface area (Å²) in [6, 6.07) is 3.71. The first kappa shape index (κ1) is 9.21. The van der Waals surface area contributed by atoms with Crippen LogP contribution in [-0.4, -0.2) is 5.11 Å². The molecule has 4 heteroatoms. The maximum Gasteiger partial charge on any atom is 0.115 e. The van der Waals surface area contributed by atoms with Crippen molar-refractivity contribution in [2.45, 2.75) is 6.10 Å². The van der Waals surface area contributed by atoms with Crippen molar-refractivity contribution in [1.29, 1.82) is 0 Å². The predicted molar refractivity (Wildman–Crippen MR) is 57.7 cm³/mol. The Morgan fingerprint density at radius 2 is 2.15 bits per heavy atom. The first-order valence-corrected chi connectivity index (χ1v) is 5.92. The molecule has 0 aromatic carbocycles. The van der Waals surface area contributed by atoms with Crippen LogP contribution >= 0.6 is 34.3 Å². The van der Waals surface area contributed by atoms with Gasteiger partial charge in [-0.15, -0.1) is 11.3 Å². The van der Waals surface area contributed by atoms with E-state index in [-0.39, 0.29) is 0 Å². The highest BCUT2D eigenvalue weighted by Crippen LogP contribution is 2.33. The summed E-state index contributed by atoms with van der Waals surface area (Å²) < 4.78 is 0. The van der Waals surface area contributed by atoms with Crippen molar-refractivity contribution in [3.63, 3.8) is 0 Å². The third-order valence-electron chi connectivity index (χ3n) is 1.75. The average Bonchev–Trinajstić information content (AvgIpc) is 2.72. The second kappa shape index (κ2) is 3.80. The molecule has 0 aliphatic carbocycles. The highest BCUT2D eigenvalue weighted by atomic mass is 35.5. The lowest BCUT2D eigenvalue weighted by Gasteiger charge is -2.06. The zero-order chi connectivity index (χ0) is 9.26. The minimum atomic E-state index is -0.571. The van der Waals surface area contributed by atoms with Crippen molar-refractivity contribution in [2.75, 3.05) is 0 Å². The van der Waals surface area contributed by atoms with Crippen molar-refractivity contribution in [3.05, 3.63) is 43.7 Å². The molecule has 13 heavy (non-hydrogen) atoms. The normalized spacial score (nSPS) is 13.1. The summed E-state index contributed by atoms with van der Waals surface area (Å²) in [6.45, 7) is 0. The molecule has 0 bridgehead atoms. The number of thiophene rings is 2. The Hall–Kier alpha value is -0.350. The molecule has 0 amide bonds. The summed E-state index contributed by atoms with van der Waals surface area (Å²) in [4.78, 5) is 0.820. The molecule has 2 aromatic heterocycles. The molecule has 1 N–H and O–H groups in total. The standard InChI is InChI=1S/C9H7ClOS2/c10-7-2-4-13-9(7)8(11)6-1-3-12-5-6/h1-5,8,11H. The molecular formula is C9H7ClOS2. The Kier molecular flexibility index (Phi) is 2.69. The van der Waals surface area contributed by atoms with Gasteiger partial charge in [0, 0.05) is 0 Å². The quantitative estimate of drug-likeness (QED) is 0.837. The first-order valence-electron chi connectivity index (χ1n) is 3.72. The SMILES string of the molecule is OC(c1ccsc1)c1sccc1Cl. The molecule has 2 rings (SSSR count). The Balaban J connectivity index is 2.33. The topological polar surface area (TPSA) is 20.2 Å². The summed E-state index contributed by atoms with van der Waals surface area (Å²) in [5.41, 5.74) is 0.911. The largest absolute Gasteiger partial charge is 0.383 e. The molecule has 0 fully saturated rings. The number of hydrogen-bond acceptors (Lipinski definition) is 3. The van der Waals surface area contributed by atoms with Gasteiger partial charge in [0.25, 0.3) is 0 Å². The van der Waals surface area contributed by atoms with Gasteiger partial charge in [0.2, 0.25) is 0 Å². The molecule has 68 valence electrons. The molecule has 2 aromatic rings. The fraction of sp³-hybridized carbons (Fsp3) is 0.111. The van der Waals surface area contributed by atoms with Crippen LogP contribution in [-0.2, 0) is 0 Å². The molecule has 1 nitrogen and oxygen atoms in total. The summed E-state index contributed by atoms with van der Waals surface area (Å²) in [5.74, 6) is 0. The van der Waals surface area contributed by atoms with E-state index in [0.29, 0.717) is 5.02 Å². The molecule has 0 saturated carbocycles. The van der Waals surface area contributed by atoms with Gasteiger partial charge in [-0.1, -0.05) is 11.6 Å². The van der Waals surface area contributed by atoms with E-state index < -0.39 is 6.10 Å². The Morgan fingerprint density at radius 1 is 1.31 bits per heavy atom. The predicted octanol–water partition coefficient (Wildman–Crippen LogP) is 3.54. The third kappa shape index (κ3) is 1.79.